The standard InChI is InChI=1S/C24H31N5.C8H14FN.C2H6/c1-6-15(5)17-10-11-20(26)19(13-25)23(17)16-8-9-18-21(12-16)28-22(7-2)29-24(18)27-14(3)4;1-8-3-2-4-10(8)6-7(9)5-8;1-2/h10-11,15-16H,3,6-9,12,26H2,1-2,4-5H3,(H,27,28,29);7H,2-6H2,1H3;1-2H3/t15-,16?;;/m0../s1. The third-order valence-electron chi connectivity index (χ3n) is 8.93. The SMILES string of the molecule is C=C(C)Nc1nc(CC)nc2c1CCC(c1c([C@@H](C)CC)ccc(N)c1C#N)C2.CC.CC12CCCN1CC(F)C2. The lowest BCUT2D eigenvalue weighted by Crippen LogP contribution is -2.34. The lowest BCUT2D eigenvalue weighted by Gasteiger charge is -2.30. The van der Waals surface area contributed by atoms with E-state index in [4.69, 9.17) is 15.7 Å². The molecular weight excluding hydrogens is 511 g/mol. The van der Waals surface area contributed by atoms with Crippen LogP contribution >= 0.6 is 0 Å². The molecule has 41 heavy (non-hydrogen) atoms. The van der Waals surface area contributed by atoms with Crippen LogP contribution in [0.1, 0.15) is 126 Å². The van der Waals surface area contributed by atoms with E-state index in [0.717, 1.165) is 73.7 Å². The summed E-state index contributed by atoms with van der Waals surface area (Å²) >= 11 is 0. The molecule has 2 saturated heterocycles. The predicted octanol–water partition coefficient (Wildman–Crippen LogP) is 7.83. The Hall–Kier alpha value is -2.98. The second-order valence-corrected chi connectivity index (χ2v) is 11.9. The fourth-order valence-corrected chi connectivity index (χ4v) is 6.65. The predicted molar refractivity (Wildman–Crippen MR) is 169 cm³/mol. The summed E-state index contributed by atoms with van der Waals surface area (Å²) in [5.74, 6) is 2.34. The highest BCUT2D eigenvalue weighted by Crippen LogP contribution is 2.41. The van der Waals surface area contributed by atoms with E-state index in [2.05, 4.69) is 56.6 Å². The summed E-state index contributed by atoms with van der Waals surface area (Å²) in [6, 6.07) is 6.38. The number of nitriles is 1. The van der Waals surface area contributed by atoms with Crippen LogP contribution in [0.2, 0.25) is 0 Å². The summed E-state index contributed by atoms with van der Waals surface area (Å²) in [4.78, 5) is 11.9. The fraction of sp³-hybridized carbons (Fsp3) is 0.618. The van der Waals surface area contributed by atoms with Crippen LogP contribution < -0.4 is 11.1 Å². The number of rotatable bonds is 6. The Balaban J connectivity index is 0.000000319. The number of benzene rings is 1. The van der Waals surface area contributed by atoms with Gasteiger partial charge in [0.15, 0.2) is 0 Å². The zero-order chi connectivity index (χ0) is 30.3. The first kappa shape index (κ1) is 32.5. The van der Waals surface area contributed by atoms with Crippen molar-refractivity contribution < 1.29 is 4.39 Å². The molecule has 4 atom stereocenters. The lowest BCUT2D eigenvalue weighted by molar-refractivity contribution is 0.217. The summed E-state index contributed by atoms with van der Waals surface area (Å²) in [6.45, 7) is 20.4. The van der Waals surface area contributed by atoms with Crippen molar-refractivity contribution in [1.82, 2.24) is 14.9 Å². The van der Waals surface area contributed by atoms with Crippen molar-refractivity contribution in [3.05, 3.63) is 58.2 Å². The molecule has 0 amide bonds. The van der Waals surface area contributed by atoms with Gasteiger partial charge in [0.25, 0.3) is 0 Å². The molecule has 1 aromatic carbocycles. The van der Waals surface area contributed by atoms with Gasteiger partial charge >= 0.3 is 0 Å². The van der Waals surface area contributed by atoms with Crippen LogP contribution in [0.3, 0.4) is 0 Å². The van der Waals surface area contributed by atoms with Crippen molar-refractivity contribution in [2.75, 3.05) is 24.1 Å². The maximum atomic E-state index is 12.8. The van der Waals surface area contributed by atoms with E-state index < -0.39 is 6.17 Å². The molecule has 224 valence electrons. The quantitative estimate of drug-likeness (QED) is 0.349. The smallest absolute Gasteiger partial charge is 0.137 e. The van der Waals surface area contributed by atoms with Crippen molar-refractivity contribution in [1.29, 1.82) is 5.26 Å². The van der Waals surface area contributed by atoms with Gasteiger partial charge < -0.3 is 11.1 Å². The first-order chi connectivity index (χ1) is 19.6. The molecule has 3 aliphatic rings. The number of nitrogens with two attached hydrogens (primary N) is 1. The summed E-state index contributed by atoms with van der Waals surface area (Å²) in [7, 11) is 0. The first-order valence-electron chi connectivity index (χ1n) is 15.6. The van der Waals surface area contributed by atoms with E-state index in [9.17, 15) is 9.65 Å². The van der Waals surface area contributed by atoms with E-state index in [1.807, 2.05) is 26.8 Å². The van der Waals surface area contributed by atoms with E-state index in [-0.39, 0.29) is 11.5 Å². The third-order valence-corrected chi connectivity index (χ3v) is 8.93. The molecule has 2 aliphatic heterocycles. The van der Waals surface area contributed by atoms with E-state index >= 15 is 0 Å². The minimum atomic E-state index is -0.551. The second-order valence-electron chi connectivity index (χ2n) is 11.9. The van der Waals surface area contributed by atoms with Gasteiger partial charge in [-0.1, -0.05) is 47.3 Å². The molecule has 6 nitrogen and oxygen atoms in total. The van der Waals surface area contributed by atoms with Crippen LogP contribution in [-0.2, 0) is 19.3 Å². The summed E-state index contributed by atoms with van der Waals surface area (Å²) in [5, 5.41) is 13.2. The molecule has 2 fully saturated rings. The summed E-state index contributed by atoms with van der Waals surface area (Å²) in [6.07, 6.45) is 7.13. The van der Waals surface area contributed by atoms with Crippen LogP contribution in [-0.4, -0.2) is 39.7 Å². The first-order valence-corrected chi connectivity index (χ1v) is 15.6. The fourth-order valence-electron chi connectivity index (χ4n) is 6.65. The Kier molecular flexibility index (Phi) is 11.3. The highest BCUT2D eigenvalue weighted by molar-refractivity contribution is 5.63. The van der Waals surface area contributed by atoms with Gasteiger partial charge in [-0.05, 0) is 94.4 Å². The van der Waals surface area contributed by atoms with Crippen LogP contribution in [0.15, 0.2) is 24.4 Å². The summed E-state index contributed by atoms with van der Waals surface area (Å²) < 4.78 is 12.8. The highest BCUT2D eigenvalue weighted by Gasteiger charge is 2.44. The number of anilines is 2. The monoisotopic (exact) mass is 562 g/mol. The summed E-state index contributed by atoms with van der Waals surface area (Å²) in [5.41, 5.74) is 13.1. The normalized spacial score (nSPS) is 23.6. The number of nitrogen functional groups attached to an aromatic ring is 1. The van der Waals surface area contributed by atoms with Crippen LogP contribution in [0.4, 0.5) is 15.9 Å². The van der Waals surface area contributed by atoms with Gasteiger partial charge in [0.1, 0.15) is 23.9 Å². The Labute approximate surface area is 247 Å². The van der Waals surface area contributed by atoms with Crippen LogP contribution in [0, 0.1) is 11.3 Å². The van der Waals surface area contributed by atoms with Crippen molar-refractivity contribution in [2.45, 2.75) is 123 Å². The number of aryl methyl sites for hydroxylation is 1. The van der Waals surface area contributed by atoms with Crippen LogP contribution in [0.25, 0.3) is 0 Å². The molecule has 2 aromatic rings. The number of alkyl halides is 1. The number of hydrogen-bond acceptors (Lipinski definition) is 6. The number of halogens is 1. The molecule has 0 radical (unpaired) electrons. The Bertz CT molecular complexity index is 1250. The third kappa shape index (κ3) is 7.27. The molecule has 5 rings (SSSR count). The molecule has 3 unspecified atom stereocenters. The number of nitrogens with one attached hydrogen (secondary N) is 1. The minimum Gasteiger partial charge on any atom is -0.398 e. The number of allylic oxidation sites excluding steroid dienone is 1. The van der Waals surface area contributed by atoms with Gasteiger partial charge in [-0.25, -0.2) is 14.4 Å². The van der Waals surface area contributed by atoms with Gasteiger partial charge in [0.05, 0.1) is 11.3 Å². The number of nitrogens with zero attached hydrogens (tertiary/aromatic N) is 4. The number of hydrogen-bond donors (Lipinski definition) is 2. The second kappa shape index (κ2) is 14.3. The van der Waals surface area contributed by atoms with Crippen LogP contribution in [0.5, 0.6) is 0 Å². The maximum Gasteiger partial charge on any atom is 0.137 e. The van der Waals surface area contributed by atoms with Crippen molar-refractivity contribution >= 4 is 11.5 Å². The topological polar surface area (TPSA) is 90.9 Å². The number of aromatic nitrogens is 2. The Morgan fingerprint density at radius 2 is 2.05 bits per heavy atom. The van der Waals surface area contributed by atoms with Gasteiger partial charge in [-0.3, -0.25) is 4.90 Å². The van der Waals surface area contributed by atoms with Crippen molar-refractivity contribution in [3.8, 4) is 6.07 Å². The zero-order valence-corrected chi connectivity index (χ0v) is 26.4. The van der Waals surface area contributed by atoms with Crippen molar-refractivity contribution in [2.24, 2.45) is 0 Å². The zero-order valence-electron chi connectivity index (χ0n) is 26.4. The van der Waals surface area contributed by atoms with Gasteiger partial charge in [0, 0.05) is 35.5 Å². The number of fused-ring (bicyclic) bond motifs is 2. The van der Waals surface area contributed by atoms with E-state index in [1.165, 1.54) is 24.0 Å². The average Bonchev–Trinajstić information content (AvgIpc) is 3.45. The Morgan fingerprint density at radius 3 is 2.66 bits per heavy atom. The molecule has 0 bridgehead atoms. The van der Waals surface area contributed by atoms with Gasteiger partial charge in [-0.2, -0.15) is 5.26 Å². The molecular formula is C34H51FN6. The molecule has 0 spiro atoms. The van der Waals surface area contributed by atoms with E-state index in [0.29, 0.717) is 23.7 Å². The average molecular weight is 563 g/mol. The maximum absolute atomic E-state index is 12.8. The lowest BCUT2D eigenvalue weighted by atomic mass is 9.76. The van der Waals surface area contributed by atoms with Crippen molar-refractivity contribution in [3.63, 3.8) is 0 Å². The molecule has 7 heteroatoms. The van der Waals surface area contributed by atoms with Gasteiger partial charge in [-0.15, -0.1) is 0 Å². The highest BCUT2D eigenvalue weighted by atomic mass is 19.1. The van der Waals surface area contributed by atoms with Gasteiger partial charge in [0.2, 0.25) is 0 Å². The Morgan fingerprint density at radius 1 is 1.32 bits per heavy atom. The molecule has 0 saturated carbocycles. The molecule has 3 heterocycles. The largest absolute Gasteiger partial charge is 0.398 e. The van der Waals surface area contributed by atoms with E-state index in [1.54, 1.807) is 0 Å². The molecule has 3 N–H and O–H groups in total. The molecule has 1 aliphatic carbocycles. The molecule has 1 aromatic heterocycles. The minimum absolute atomic E-state index is 0.236.